The summed E-state index contributed by atoms with van der Waals surface area (Å²) in [5, 5.41) is 6.29. The lowest BCUT2D eigenvalue weighted by Crippen LogP contribution is -2.41. The normalized spacial score (nSPS) is 21.5. The molecule has 1 atom stereocenters. The fourth-order valence-electron chi connectivity index (χ4n) is 1.92. The zero-order valence-corrected chi connectivity index (χ0v) is 9.77. The Bertz CT molecular complexity index is 342. The molecular formula is C11H16N2OS. The number of rotatable bonds is 3. The number of ketones is 1. The van der Waals surface area contributed by atoms with Gasteiger partial charge in [0.1, 0.15) is 0 Å². The number of aryl methyl sites for hydroxylation is 1. The lowest BCUT2D eigenvalue weighted by Gasteiger charge is -2.21. The Morgan fingerprint density at radius 2 is 2.53 bits per heavy atom. The minimum absolute atomic E-state index is 0.0701. The summed E-state index contributed by atoms with van der Waals surface area (Å²) in [5.41, 5.74) is 0.926. The van der Waals surface area contributed by atoms with E-state index in [4.69, 9.17) is 0 Å². The predicted octanol–water partition coefficient (Wildman–Crippen LogP) is 1.71. The van der Waals surface area contributed by atoms with Gasteiger partial charge in [0.15, 0.2) is 5.78 Å². The Hall–Kier alpha value is -0.740. The molecule has 3 nitrogen and oxygen atoms in total. The molecule has 15 heavy (non-hydrogen) atoms. The van der Waals surface area contributed by atoms with Crippen LogP contribution in [-0.4, -0.2) is 23.4 Å². The Kier molecular flexibility index (Phi) is 3.49. The van der Waals surface area contributed by atoms with E-state index >= 15 is 0 Å². The predicted molar refractivity (Wildman–Crippen MR) is 61.2 cm³/mol. The molecule has 0 spiro atoms. The van der Waals surface area contributed by atoms with E-state index in [1.165, 1.54) is 12.8 Å². The molecule has 0 aliphatic carbocycles. The maximum absolute atomic E-state index is 11.9. The van der Waals surface area contributed by atoms with Crippen molar-refractivity contribution in [2.45, 2.75) is 38.6 Å². The van der Waals surface area contributed by atoms with Crippen molar-refractivity contribution in [3.05, 3.63) is 16.1 Å². The highest BCUT2D eigenvalue weighted by molar-refractivity contribution is 7.09. The number of carbonyl (C=O) groups is 1. The number of carbonyl (C=O) groups excluding carboxylic acids is 1. The zero-order valence-electron chi connectivity index (χ0n) is 8.95. The van der Waals surface area contributed by atoms with Gasteiger partial charge < -0.3 is 5.32 Å². The summed E-state index contributed by atoms with van der Waals surface area (Å²) in [7, 11) is 0. The molecule has 0 saturated carbocycles. The fraction of sp³-hybridized carbons (Fsp3) is 0.636. The maximum atomic E-state index is 11.9. The van der Waals surface area contributed by atoms with E-state index in [9.17, 15) is 4.79 Å². The van der Waals surface area contributed by atoms with Crippen LogP contribution in [0, 0.1) is 6.92 Å². The highest BCUT2D eigenvalue weighted by atomic mass is 32.1. The molecule has 1 N–H and O–H groups in total. The molecule has 1 aliphatic heterocycles. The fourth-order valence-corrected chi connectivity index (χ4v) is 2.53. The van der Waals surface area contributed by atoms with Crippen LogP contribution in [0.15, 0.2) is 5.38 Å². The largest absolute Gasteiger partial charge is 0.307 e. The molecular weight excluding hydrogens is 208 g/mol. The third-order valence-electron chi connectivity index (χ3n) is 2.72. The molecule has 1 saturated heterocycles. The highest BCUT2D eigenvalue weighted by Crippen LogP contribution is 2.13. The molecule has 0 aromatic carbocycles. The number of aromatic nitrogens is 1. The van der Waals surface area contributed by atoms with Crippen LogP contribution in [0.3, 0.4) is 0 Å². The van der Waals surface area contributed by atoms with E-state index < -0.39 is 0 Å². The summed E-state index contributed by atoms with van der Waals surface area (Å²) in [6.07, 6.45) is 3.84. The monoisotopic (exact) mass is 224 g/mol. The number of hydrogen-bond acceptors (Lipinski definition) is 4. The first kappa shape index (κ1) is 10.8. The van der Waals surface area contributed by atoms with Gasteiger partial charge in [0.2, 0.25) is 0 Å². The van der Waals surface area contributed by atoms with Crippen LogP contribution in [0.1, 0.15) is 30.0 Å². The highest BCUT2D eigenvalue weighted by Gasteiger charge is 2.20. The Morgan fingerprint density at radius 3 is 3.13 bits per heavy atom. The van der Waals surface area contributed by atoms with Crippen LogP contribution in [0.25, 0.3) is 0 Å². The summed E-state index contributed by atoms with van der Waals surface area (Å²) < 4.78 is 0. The SMILES string of the molecule is Cc1nc(CC(=O)C2CCCCN2)cs1. The van der Waals surface area contributed by atoms with Gasteiger partial charge in [-0.2, -0.15) is 0 Å². The molecule has 2 rings (SSSR count). The molecule has 0 bridgehead atoms. The summed E-state index contributed by atoms with van der Waals surface area (Å²) in [4.78, 5) is 16.2. The van der Waals surface area contributed by atoms with Crippen LogP contribution < -0.4 is 5.32 Å². The van der Waals surface area contributed by atoms with Crippen molar-refractivity contribution >= 4 is 17.1 Å². The first-order chi connectivity index (χ1) is 7.25. The average molecular weight is 224 g/mol. The molecule has 1 aliphatic rings. The second-order valence-corrected chi connectivity index (χ2v) is 5.07. The van der Waals surface area contributed by atoms with Crippen LogP contribution in [0.2, 0.25) is 0 Å². The van der Waals surface area contributed by atoms with Gasteiger partial charge in [0, 0.05) is 5.38 Å². The molecule has 1 aromatic rings. The van der Waals surface area contributed by atoms with E-state index in [0.29, 0.717) is 12.2 Å². The van der Waals surface area contributed by atoms with Crippen LogP contribution in [0.5, 0.6) is 0 Å². The third kappa shape index (κ3) is 2.86. The molecule has 1 unspecified atom stereocenters. The smallest absolute Gasteiger partial charge is 0.155 e. The molecule has 0 amide bonds. The van der Waals surface area contributed by atoms with E-state index in [-0.39, 0.29) is 6.04 Å². The van der Waals surface area contributed by atoms with E-state index in [1.807, 2.05) is 12.3 Å². The molecule has 82 valence electrons. The van der Waals surface area contributed by atoms with Gasteiger partial charge in [0.05, 0.1) is 23.2 Å². The minimum atomic E-state index is 0.0701. The van der Waals surface area contributed by atoms with Crippen LogP contribution >= 0.6 is 11.3 Å². The molecule has 4 heteroatoms. The Labute approximate surface area is 93.9 Å². The van der Waals surface area contributed by atoms with Crippen molar-refractivity contribution in [1.82, 2.24) is 10.3 Å². The van der Waals surface area contributed by atoms with Crippen molar-refractivity contribution in [2.24, 2.45) is 0 Å². The molecule has 2 heterocycles. The Balaban J connectivity index is 1.91. The molecule has 0 radical (unpaired) electrons. The topological polar surface area (TPSA) is 42.0 Å². The number of Topliss-reactive ketones (excluding diaryl/α,β-unsaturated/α-hetero) is 1. The van der Waals surface area contributed by atoms with Gasteiger partial charge in [0.25, 0.3) is 0 Å². The van der Waals surface area contributed by atoms with Gasteiger partial charge in [-0.15, -0.1) is 11.3 Å². The first-order valence-corrected chi connectivity index (χ1v) is 6.31. The number of nitrogens with zero attached hydrogens (tertiary/aromatic N) is 1. The maximum Gasteiger partial charge on any atom is 0.155 e. The van der Waals surface area contributed by atoms with Gasteiger partial charge in [-0.1, -0.05) is 6.42 Å². The summed E-state index contributed by atoms with van der Waals surface area (Å²) in [5.74, 6) is 0.292. The minimum Gasteiger partial charge on any atom is -0.307 e. The first-order valence-electron chi connectivity index (χ1n) is 5.43. The zero-order chi connectivity index (χ0) is 10.7. The van der Waals surface area contributed by atoms with E-state index in [1.54, 1.807) is 11.3 Å². The van der Waals surface area contributed by atoms with Crippen LogP contribution in [-0.2, 0) is 11.2 Å². The number of piperidine rings is 1. The lowest BCUT2D eigenvalue weighted by atomic mass is 9.99. The van der Waals surface area contributed by atoms with Gasteiger partial charge in [-0.25, -0.2) is 4.98 Å². The average Bonchev–Trinajstić information content (AvgIpc) is 2.65. The summed E-state index contributed by atoms with van der Waals surface area (Å²) in [6.45, 7) is 2.95. The summed E-state index contributed by atoms with van der Waals surface area (Å²) >= 11 is 1.61. The number of hydrogen-bond donors (Lipinski definition) is 1. The van der Waals surface area contributed by atoms with Crippen molar-refractivity contribution in [3.8, 4) is 0 Å². The van der Waals surface area contributed by atoms with Gasteiger partial charge >= 0.3 is 0 Å². The third-order valence-corrected chi connectivity index (χ3v) is 3.54. The van der Waals surface area contributed by atoms with Gasteiger partial charge in [-0.3, -0.25) is 4.79 Å². The van der Waals surface area contributed by atoms with E-state index in [0.717, 1.165) is 23.7 Å². The van der Waals surface area contributed by atoms with Crippen molar-refractivity contribution in [2.75, 3.05) is 6.54 Å². The Morgan fingerprint density at radius 1 is 1.67 bits per heavy atom. The lowest BCUT2D eigenvalue weighted by molar-refractivity contribution is -0.120. The standard InChI is InChI=1S/C11H16N2OS/c1-8-13-9(7-15-8)6-11(14)10-4-2-3-5-12-10/h7,10,12H,2-6H2,1H3. The van der Waals surface area contributed by atoms with Crippen LogP contribution in [0.4, 0.5) is 0 Å². The van der Waals surface area contributed by atoms with Crippen molar-refractivity contribution in [1.29, 1.82) is 0 Å². The van der Waals surface area contributed by atoms with E-state index in [2.05, 4.69) is 10.3 Å². The molecule has 1 fully saturated rings. The van der Waals surface area contributed by atoms with Crippen molar-refractivity contribution in [3.63, 3.8) is 0 Å². The number of nitrogens with one attached hydrogen (secondary N) is 1. The molecule has 1 aromatic heterocycles. The second kappa shape index (κ2) is 4.86. The number of thiazole rings is 1. The second-order valence-electron chi connectivity index (χ2n) is 4.00. The van der Waals surface area contributed by atoms with Gasteiger partial charge in [-0.05, 0) is 26.3 Å². The quantitative estimate of drug-likeness (QED) is 0.849. The van der Waals surface area contributed by atoms with Crippen molar-refractivity contribution < 1.29 is 4.79 Å². The summed E-state index contributed by atoms with van der Waals surface area (Å²) in [6, 6.07) is 0.0701.